The maximum Gasteiger partial charge on any atom is 0.291 e. The molecule has 0 spiro atoms. The van der Waals surface area contributed by atoms with Gasteiger partial charge in [0.15, 0.2) is 5.76 Å². The van der Waals surface area contributed by atoms with Crippen molar-refractivity contribution in [3.63, 3.8) is 0 Å². The largest absolute Gasteiger partial charge is 0.506 e. The Hall–Kier alpha value is -2.49. The molecule has 0 fully saturated rings. The fraction of sp³-hybridized carbons (Fsp3) is 0.286. The summed E-state index contributed by atoms with van der Waals surface area (Å²) in [7, 11) is -3.73. The number of carbonyl (C=O) groups is 1. The first kappa shape index (κ1) is 22.2. The number of sulfonamides is 1. The van der Waals surface area contributed by atoms with Gasteiger partial charge in [-0.2, -0.15) is 16.1 Å². The van der Waals surface area contributed by atoms with E-state index in [9.17, 15) is 18.3 Å². The maximum absolute atomic E-state index is 13.0. The number of fused-ring (bicyclic) bond motifs is 1. The van der Waals surface area contributed by atoms with E-state index in [1.807, 2.05) is 24.5 Å². The van der Waals surface area contributed by atoms with Gasteiger partial charge in [0.25, 0.3) is 5.91 Å². The SMILES string of the molecule is CCN(CC)S(=O)(=O)c1ccc(O)c(NC(=O)c2oc3ccccc3c2CSC)c1. The van der Waals surface area contributed by atoms with Crippen LogP contribution in [0.1, 0.15) is 30.0 Å². The second kappa shape index (κ2) is 9.11. The summed E-state index contributed by atoms with van der Waals surface area (Å²) >= 11 is 1.55. The van der Waals surface area contributed by atoms with Crippen molar-refractivity contribution < 1.29 is 22.7 Å². The standard InChI is InChI=1S/C21H24N2O5S2/c1-4-23(5-2)30(26,27)14-10-11-18(24)17(12-14)22-21(25)20-16(13-29-3)15-8-6-7-9-19(15)28-20/h6-12,24H,4-5,13H2,1-3H3,(H,22,25). The Labute approximate surface area is 180 Å². The molecule has 3 rings (SSSR count). The number of hydrogen-bond donors (Lipinski definition) is 2. The molecule has 0 aliphatic heterocycles. The van der Waals surface area contributed by atoms with Crippen molar-refractivity contribution >= 4 is 44.3 Å². The summed E-state index contributed by atoms with van der Waals surface area (Å²) in [4.78, 5) is 12.9. The van der Waals surface area contributed by atoms with Gasteiger partial charge in [-0.25, -0.2) is 8.42 Å². The maximum atomic E-state index is 13.0. The lowest BCUT2D eigenvalue weighted by Gasteiger charge is -2.19. The zero-order valence-corrected chi connectivity index (χ0v) is 18.6. The molecule has 0 aliphatic carbocycles. The summed E-state index contributed by atoms with van der Waals surface area (Å²) in [5.74, 6) is -0.0726. The Morgan fingerprint density at radius 2 is 1.87 bits per heavy atom. The van der Waals surface area contributed by atoms with Crippen molar-refractivity contribution in [3.8, 4) is 5.75 Å². The average molecular weight is 449 g/mol. The first-order valence-corrected chi connectivity index (χ1v) is 12.3. The topological polar surface area (TPSA) is 99.9 Å². The lowest BCUT2D eigenvalue weighted by atomic mass is 10.1. The number of nitrogens with zero attached hydrogens (tertiary/aromatic N) is 1. The van der Waals surface area contributed by atoms with Crippen LogP contribution in [0.3, 0.4) is 0 Å². The number of phenols is 1. The van der Waals surface area contributed by atoms with Crippen LogP contribution in [0.25, 0.3) is 11.0 Å². The molecule has 0 aliphatic rings. The first-order chi connectivity index (χ1) is 14.3. The van der Waals surface area contributed by atoms with Gasteiger partial charge in [-0.05, 0) is 30.5 Å². The molecule has 1 aromatic heterocycles. The molecule has 7 nitrogen and oxygen atoms in total. The van der Waals surface area contributed by atoms with Gasteiger partial charge in [-0.1, -0.05) is 32.0 Å². The predicted molar refractivity (Wildman–Crippen MR) is 120 cm³/mol. The number of aromatic hydroxyl groups is 1. The molecule has 30 heavy (non-hydrogen) atoms. The van der Waals surface area contributed by atoms with Crippen LogP contribution in [0.4, 0.5) is 5.69 Å². The van der Waals surface area contributed by atoms with Gasteiger partial charge < -0.3 is 14.8 Å². The van der Waals surface area contributed by atoms with Crippen LogP contribution >= 0.6 is 11.8 Å². The number of hydrogen-bond acceptors (Lipinski definition) is 6. The third-order valence-electron chi connectivity index (χ3n) is 4.75. The van der Waals surface area contributed by atoms with Gasteiger partial charge in [-0.3, -0.25) is 4.79 Å². The second-order valence-electron chi connectivity index (χ2n) is 6.56. The van der Waals surface area contributed by atoms with Crippen molar-refractivity contribution in [1.82, 2.24) is 4.31 Å². The molecule has 0 atom stereocenters. The minimum atomic E-state index is -3.73. The van der Waals surface area contributed by atoms with Gasteiger partial charge >= 0.3 is 0 Å². The van der Waals surface area contributed by atoms with E-state index in [0.717, 1.165) is 10.9 Å². The number of para-hydroxylation sites is 1. The number of anilines is 1. The Kier molecular flexibility index (Phi) is 6.74. The van der Waals surface area contributed by atoms with Crippen LogP contribution in [-0.4, -0.2) is 43.1 Å². The van der Waals surface area contributed by atoms with Crippen LogP contribution in [0.5, 0.6) is 5.75 Å². The molecule has 160 valence electrons. The number of thioether (sulfide) groups is 1. The Balaban J connectivity index is 1.98. The van der Waals surface area contributed by atoms with Crippen molar-refractivity contribution in [2.75, 3.05) is 24.7 Å². The van der Waals surface area contributed by atoms with Gasteiger partial charge in [0, 0.05) is 29.8 Å². The van der Waals surface area contributed by atoms with Gasteiger partial charge in [0.1, 0.15) is 11.3 Å². The van der Waals surface area contributed by atoms with Crippen LogP contribution in [-0.2, 0) is 15.8 Å². The molecule has 0 unspecified atom stereocenters. The van der Waals surface area contributed by atoms with E-state index >= 15 is 0 Å². The molecular weight excluding hydrogens is 424 g/mol. The fourth-order valence-corrected chi connectivity index (χ4v) is 5.30. The molecule has 0 saturated carbocycles. The number of benzene rings is 2. The highest BCUT2D eigenvalue weighted by Crippen LogP contribution is 2.32. The van der Waals surface area contributed by atoms with Gasteiger partial charge in [0.2, 0.25) is 10.0 Å². The van der Waals surface area contributed by atoms with Gasteiger partial charge in [0.05, 0.1) is 10.6 Å². The normalized spacial score (nSPS) is 11.9. The Morgan fingerprint density at radius 1 is 1.17 bits per heavy atom. The number of furan rings is 1. The van der Waals surface area contributed by atoms with Crippen molar-refractivity contribution in [2.24, 2.45) is 0 Å². The third kappa shape index (κ3) is 4.19. The van der Waals surface area contributed by atoms with E-state index < -0.39 is 15.9 Å². The lowest BCUT2D eigenvalue weighted by Crippen LogP contribution is -2.30. The highest BCUT2D eigenvalue weighted by Gasteiger charge is 2.25. The van der Waals surface area contributed by atoms with E-state index in [-0.39, 0.29) is 22.1 Å². The summed E-state index contributed by atoms with van der Waals surface area (Å²) in [6, 6.07) is 11.2. The van der Waals surface area contributed by atoms with Crippen LogP contribution < -0.4 is 5.32 Å². The summed E-state index contributed by atoms with van der Waals surface area (Å²) in [6.07, 6.45) is 1.93. The number of phenolic OH excluding ortho intramolecular Hbond substituents is 1. The minimum Gasteiger partial charge on any atom is -0.506 e. The van der Waals surface area contributed by atoms with E-state index in [0.29, 0.717) is 24.4 Å². The molecule has 2 N–H and O–H groups in total. The van der Waals surface area contributed by atoms with E-state index in [1.165, 1.54) is 22.5 Å². The highest BCUT2D eigenvalue weighted by molar-refractivity contribution is 7.97. The van der Waals surface area contributed by atoms with Crippen molar-refractivity contribution in [2.45, 2.75) is 24.5 Å². The molecule has 0 saturated heterocycles. The predicted octanol–water partition coefficient (Wildman–Crippen LogP) is 4.28. The molecule has 2 aromatic carbocycles. The summed E-state index contributed by atoms with van der Waals surface area (Å²) < 4.78 is 32.6. The van der Waals surface area contributed by atoms with E-state index in [1.54, 1.807) is 31.7 Å². The molecule has 0 bridgehead atoms. The quantitative estimate of drug-likeness (QED) is 0.499. The first-order valence-electron chi connectivity index (χ1n) is 9.47. The molecule has 0 radical (unpaired) electrons. The second-order valence-corrected chi connectivity index (χ2v) is 9.37. The summed E-state index contributed by atoms with van der Waals surface area (Å²) in [5, 5.41) is 13.6. The van der Waals surface area contributed by atoms with Crippen molar-refractivity contribution in [1.29, 1.82) is 0 Å². The lowest BCUT2D eigenvalue weighted by molar-refractivity contribution is 0.0997. The fourth-order valence-electron chi connectivity index (χ4n) is 3.24. The smallest absolute Gasteiger partial charge is 0.291 e. The van der Waals surface area contributed by atoms with Crippen molar-refractivity contribution in [3.05, 3.63) is 53.8 Å². The summed E-state index contributed by atoms with van der Waals surface area (Å²) in [6.45, 7) is 4.13. The number of carbonyl (C=O) groups excluding carboxylic acids is 1. The number of rotatable bonds is 8. The molecule has 9 heteroatoms. The summed E-state index contributed by atoms with van der Waals surface area (Å²) in [5.41, 5.74) is 1.35. The van der Waals surface area contributed by atoms with Gasteiger partial charge in [-0.15, -0.1) is 0 Å². The van der Waals surface area contributed by atoms with Crippen LogP contribution in [0.2, 0.25) is 0 Å². The zero-order valence-electron chi connectivity index (χ0n) is 17.0. The molecule has 1 amide bonds. The Morgan fingerprint density at radius 3 is 2.53 bits per heavy atom. The number of amides is 1. The molecule has 1 heterocycles. The van der Waals surface area contributed by atoms with E-state index in [2.05, 4.69) is 5.32 Å². The van der Waals surface area contributed by atoms with Crippen LogP contribution in [0, 0.1) is 0 Å². The molecular formula is C21H24N2O5S2. The average Bonchev–Trinajstić information content (AvgIpc) is 3.09. The minimum absolute atomic E-state index is 0.00351. The molecule has 3 aromatic rings. The monoisotopic (exact) mass is 448 g/mol. The zero-order chi connectivity index (χ0) is 21.9. The number of nitrogens with one attached hydrogen (secondary N) is 1. The third-order valence-corrected chi connectivity index (χ3v) is 7.38. The van der Waals surface area contributed by atoms with Crippen LogP contribution in [0.15, 0.2) is 51.8 Å². The Bertz CT molecular complexity index is 1170. The highest BCUT2D eigenvalue weighted by atomic mass is 32.2. The van der Waals surface area contributed by atoms with E-state index in [4.69, 9.17) is 4.42 Å².